The molecule has 0 saturated heterocycles. The molecule has 0 radical (unpaired) electrons. The first-order valence-electron chi connectivity index (χ1n) is 12.2. The van der Waals surface area contributed by atoms with Crippen molar-refractivity contribution in [2.45, 2.75) is 91.4 Å². The molecule has 30 heavy (non-hydrogen) atoms. The summed E-state index contributed by atoms with van der Waals surface area (Å²) in [5.74, 6) is 1.06. The van der Waals surface area contributed by atoms with Gasteiger partial charge in [-0.2, -0.15) is 0 Å². The molecule has 0 aliphatic carbocycles. The lowest BCUT2D eigenvalue weighted by atomic mass is 10.1. The minimum atomic E-state index is -0.0625. The number of carbonyl (C=O) groups excluding carboxylic acids is 1. The summed E-state index contributed by atoms with van der Waals surface area (Å²) in [6.07, 6.45) is 14.5. The van der Waals surface area contributed by atoms with E-state index in [1.54, 1.807) is 4.90 Å². The number of nitrogens with zero attached hydrogens (tertiary/aromatic N) is 1. The van der Waals surface area contributed by atoms with E-state index in [0.29, 0.717) is 31.0 Å². The smallest absolute Gasteiger partial charge is 0.289 e. The summed E-state index contributed by atoms with van der Waals surface area (Å²) in [5.41, 5.74) is 0.677. The molecule has 0 aliphatic rings. The SMILES string of the molecule is CCCCCCCCCCCCCOc1cccc2cc(C(=O)N(CC)CC)oc12. The number of furan rings is 1. The van der Waals surface area contributed by atoms with Crippen LogP contribution in [0.3, 0.4) is 0 Å². The fourth-order valence-corrected chi connectivity index (χ4v) is 3.87. The van der Waals surface area contributed by atoms with Crippen LogP contribution in [0.5, 0.6) is 5.75 Å². The van der Waals surface area contributed by atoms with Gasteiger partial charge in [0.05, 0.1) is 6.61 Å². The van der Waals surface area contributed by atoms with Crippen LogP contribution >= 0.6 is 0 Å². The van der Waals surface area contributed by atoms with Crippen molar-refractivity contribution in [2.75, 3.05) is 19.7 Å². The second kappa shape index (κ2) is 14.1. The Morgan fingerprint density at radius 2 is 1.47 bits per heavy atom. The van der Waals surface area contributed by atoms with Crippen LogP contribution in [0, 0.1) is 0 Å². The third kappa shape index (κ3) is 7.70. The van der Waals surface area contributed by atoms with Crippen LogP contribution in [0.1, 0.15) is 102 Å². The van der Waals surface area contributed by atoms with E-state index < -0.39 is 0 Å². The number of carbonyl (C=O) groups is 1. The molecule has 4 nitrogen and oxygen atoms in total. The first-order valence-corrected chi connectivity index (χ1v) is 12.2. The fourth-order valence-electron chi connectivity index (χ4n) is 3.87. The van der Waals surface area contributed by atoms with Crippen molar-refractivity contribution in [1.29, 1.82) is 0 Å². The maximum atomic E-state index is 12.6. The lowest BCUT2D eigenvalue weighted by Gasteiger charge is -2.16. The molecule has 1 aromatic heterocycles. The molecule has 2 rings (SSSR count). The van der Waals surface area contributed by atoms with Crippen LogP contribution in [0.15, 0.2) is 28.7 Å². The summed E-state index contributed by atoms with van der Waals surface area (Å²) in [6, 6.07) is 7.67. The number of ether oxygens (including phenoxy) is 1. The molecule has 0 unspecified atom stereocenters. The highest BCUT2D eigenvalue weighted by molar-refractivity contribution is 5.97. The van der Waals surface area contributed by atoms with Gasteiger partial charge in [0.1, 0.15) is 0 Å². The Kier molecular flexibility index (Phi) is 11.4. The molecule has 0 N–H and O–H groups in total. The molecule has 0 aliphatic heterocycles. The Hall–Kier alpha value is -1.97. The molecule has 0 saturated carbocycles. The molecular formula is C26H41NO3. The van der Waals surface area contributed by atoms with E-state index in [4.69, 9.17) is 9.15 Å². The maximum Gasteiger partial charge on any atom is 0.289 e. The number of hydrogen-bond acceptors (Lipinski definition) is 3. The van der Waals surface area contributed by atoms with Crippen LogP contribution in [-0.4, -0.2) is 30.5 Å². The first-order chi connectivity index (χ1) is 14.7. The lowest BCUT2D eigenvalue weighted by Crippen LogP contribution is -2.30. The van der Waals surface area contributed by atoms with Crippen molar-refractivity contribution in [2.24, 2.45) is 0 Å². The number of benzene rings is 1. The highest BCUT2D eigenvalue weighted by atomic mass is 16.5. The monoisotopic (exact) mass is 415 g/mol. The largest absolute Gasteiger partial charge is 0.490 e. The van der Waals surface area contributed by atoms with Gasteiger partial charge in [-0.05, 0) is 32.4 Å². The van der Waals surface area contributed by atoms with Gasteiger partial charge in [0.2, 0.25) is 0 Å². The second-order valence-corrected chi connectivity index (χ2v) is 8.15. The summed E-state index contributed by atoms with van der Waals surface area (Å²) >= 11 is 0. The minimum absolute atomic E-state index is 0.0625. The van der Waals surface area contributed by atoms with Crippen molar-refractivity contribution in [3.05, 3.63) is 30.0 Å². The molecule has 0 atom stereocenters. The third-order valence-corrected chi connectivity index (χ3v) is 5.77. The van der Waals surface area contributed by atoms with E-state index >= 15 is 0 Å². The predicted octanol–water partition coefficient (Wildman–Crippen LogP) is 7.60. The van der Waals surface area contributed by atoms with Gasteiger partial charge in [0.25, 0.3) is 5.91 Å². The van der Waals surface area contributed by atoms with Gasteiger partial charge in [-0.25, -0.2) is 0 Å². The summed E-state index contributed by atoms with van der Waals surface area (Å²) in [6.45, 7) is 8.27. The summed E-state index contributed by atoms with van der Waals surface area (Å²) in [7, 11) is 0. The number of fused-ring (bicyclic) bond motifs is 1. The fraction of sp³-hybridized carbons (Fsp3) is 0.654. The van der Waals surface area contributed by atoms with Crippen molar-refractivity contribution in [3.63, 3.8) is 0 Å². The van der Waals surface area contributed by atoms with Crippen LogP contribution in [0.4, 0.5) is 0 Å². The average molecular weight is 416 g/mol. The summed E-state index contributed by atoms with van der Waals surface area (Å²) < 4.78 is 11.9. The third-order valence-electron chi connectivity index (χ3n) is 5.77. The van der Waals surface area contributed by atoms with Gasteiger partial charge in [-0.3, -0.25) is 4.79 Å². The maximum absolute atomic E-state index is 12.6. The number of unbranched alkanes of at least 4 members (excludes halogenated alkanes) is 10. The van der Waals surface area contributed by atoms with E-state index in [-0.39, 0.29) is 5.91 Å². The number of rotatable bonds is 16. The highest BCUT2D eigenvalue weighted by Crippen LogP contribution is 2.29. The van der Waals surface area contributed by atoms with Gasteiger partial charge < -0.3 is 14.1 Å². The zero-order valence-electron chi connectivity index (χ0n) is 19.4. The van der Waals surface area contributed by atoms with Gasteiger partial charge in [-0.15, -0.1) is 0 Å². The second-order valence-electron chi connectivity index (χ2n) is 8.15. The van der Waals surface area contributed by atoms with Crippen LogP contribution in [-0.2, 0) is 0 Å². The zero-order valence-corrected chi connectivity index (χ0v) is 19.4. The zero-order chi connectivity index (χ0) is 21.6. The van der Waals surface area contributed by atoms with Gasteiger partial charge in [-0.1, -0.05) is 83.3 Å². The average Bonchev–Trinajstić information content (AvgIpc) is 3.20. The first kappa shape index (κ1) is 24.3. The van der Waals surface area contributed by atoms with Crippen molar-refractivity contribution >= 4 is 16.9 Å². The Labute approximate surface area is 183 Å². The van der Waals surface area contributed by atoms with Crippen LogP contribution < -0.4 is 4.74 Å². The molecule has 0 bridgehead atoms. The topological polar surface area (TPSA) is 42.7 Å². The van der Waals surface area contributed by atoms with E-state index in [9.17, 15) is 4.79 Å². The van der Waals surface area contributed by atoms with Crippen LogP contribution in [0.25, 0.3) is 11.0 Å². The quantitative estimate of drug-likeness (QED) is 0.265. The minimum Gasteiger partial charge on any atom is -0.490 e. The predicted molar refractivity (Wildman–Crippen MR) is 125 cm³/mol. The van der Waals surface area contributed by atoms with Crippen molar-refractivity contribution in [3.8, 4) is 5.75 Å². The molecule has 1 heterocycles. The van der Waals surface area contributed by atoms with Crippen LogP contribution in [0.2, 0.25) is 0 Å². The normalized spacial score (nSPS) is 11.2. The molecule has 1 amide bonds. The van der Waals surface area contributed by atoms with Crippen molar-refractivity contribution in [1.82, 2.24) is 4.90 Å². The summed E-state index contributed by atoms with van der Waals surface area (Å²) in [4.78, 5) is 14.3. The molecule has 0 fully saturated rings. The van der Waals surface area contributed by atoms with Gasteiger partial charge >= 0.3 is 0 Å². The van der Waals surface area contributed by atoms with E-state index in [2.05, 4.69) is 6.92 Å². The van der Waals surface area contributed by atoms with E-state index in [0.717, 1.165) is 17.6 Å². The Bertz CT molecular complexity index is 733. The standard InChI is InChI=1S/C26H41NO3/c1-4-7-8-9-10-11-12-13-14-15-16-20-29-23-19-17-18-22-21-24(30-25(22)23)26(28)27(5-2)6-3/h17-19,21H,4-16,20H2,1-3H3. The molecule has 2 aromatic rings. The Morgan fingerprint density at radius 3 is 2.07 bits per heavy atom. The van der Waals surface area contributed by atoms with E-state index in [1.165, 1.54) is 64.2 Å². The number of hydrogen-bond donors (Lipinski definition) is 0. The van der Waals surface area contributed by atoms with Gasteiger partial charge in [0, 0.05) is 18.5 Å². The molecule has 0 spiro atoms. The van der Waals surface area contributed by atoms with Crippen molar-refractivity contribution < 1.29 is 13.9 Å². The lowest BCUT2D eigenvalue weighted by molar-refractivity contribution is 0.0743. The summed E-state index contributed by atoms with van der Waals surface area (Å²) in [5, 5.41) is 0.918. The van der Waals surface area contributed by atoms with Gasteiger partial charge in [0.15, 0.2) is 17.1 Å². The molecular weight excluding hydrogens is 374 g/mol. The van der Waals surface area contributed by atoms with E-state index in [1.807, 2.05) is 38.1 Å². The molecule has 1 aromatic carbocycles. The number of para-hydroxylation sites is 1. The molecule has 168 valence electrons. The molecule has 4 heteroatoms. The Balaban J connectivity index is 1.69. The number of amides is 1. The Morgan fingerprint density at radius 1 is 0.867 bits per heavy atom. The highest BCUT2D eigenvalue weighted by Gasteiger charge is 2.18.